The molecule has 0 fully saturated rings. The number of hydrogen-bond donors (Lipinski definition) is 0. The average Bonchev–Trinajstić information content (AvgIpc) is 2.53. The molecule has 0 aliphatic heterocycles. The summed E-state index contributed by atoms with van der Waals surface area (Å²) in [6, 6.07) is 18.1. The quantitative estimate of drug-likeness (QED) is 0.630. The zero-order chi connectivity index (χ0) is 14.7. The summed E-state index contributed by atoms with van der Waals surface area (Å²) < 4.78 is 5.84. The fraction of sp³-hybridized carbons (Fsp3) is 0.167. The van der Waals surface area contributed by atoms with E-state index in [4.69, 9.17) is 16.3 Å². The van der Waals surface area contributed by atoms with E-state index in [1.165, 1.54) is 5.56 Å². The molecule has 2 nitrogen and oxygen atoms in total. The van der Waals surface area contributed by atoms with Gasteiger partial charge in [-0.25, -0.2) is 4.98 Å². The van der Waals surface area contributed by atoms with E-state index < -0.39 is 0 Å². The van der Waals surface area contributed by atoms with Crippen LogP contribution in [0.3, 0.4) is 0 Å². The second kappa shape index (κ2) is 6.15. The molecule has 1 aromatic heterocycles. The number of pyridine rings is 1. The van der Waals surface area contributed by atoms with Crippen LogP contribution in [0, 0.1) is 0 Å². The molecular weight excluding hydrogens is 282 g/mol. The minimum absolute atomic E-state index is 0.420. The molecule has 3 aromatic rings. The molecule has 0 saturated heterocycles. The van der Waals surface area contributed by atoms with Crippen molar-refractivity contribution >= 4 is 22.5 Å². The molecule has 0 spiro atoms. The zero-order valence-corrected chi connectivity index (χ0v) is 12.6. The van der Waals surface area contributed by atoms with Gasteiger partial charge >= 0.3 is 0 Å². The molecule has 0 atom stereocenters. The lowest BCUT2D eigenvalue weighted by Gasteiger charge is -2.09. The molecule has 1 heterocycles. The molecular formula is C18H16ClNO. The number of benzene rings is 2. The topological polar surface area (TPSA) is 22.1 Å². The lowest BCUT2D eigenvalue weighted by atomic mass is 10.1. The minimum atomic E-state index is 0.420. The van der Waals surface area contributed by atoms with Crippen LogP contribution in [0.4, 0.5) is 0 Å². The van der Waals surface area contributed by atoms with Crippen LogP contribution in [0.15, 0.2) is 54.6 Å². The predicted molar refractivity (Wildman–Crippen MR) is 86.9 cm³/mol. The Hall–Kier alpha value is -2.06. The Morgan fingerprint density at radius 1 is 1.05 bits per heavy atom. The van der Waals surface area contributed by atoms with E-state index in [0.717, 1.165) is 28.6 Å². The van der Waals surface area contributed by atoms with Crippen LogP contribution in [0.2, 0.25) is 5.15 Å². The Kier molecular flexibility index (Phi) is 4.07. The van der Waals surface area contributed by atoms with Gasteiger partial charge in [0, 0.05) is 10.9 Å². The van der Waals surface area contributed by atoms with E-state index in [2.05, 4.69) is 24.0 Å². The van der Waals surface area contributed by atoms with Crippen molar-refractivity contribution in [2.45, 2.75) is 20.0 Å². The van der Waals surface area contributed by atoms with Gasteiger partial charge in [-0.2, -0.15) is 0 Å². The molecule has 3 heteroatoms. The molecule has 0 aliphatic carbocycles. The van der Waals surface area contributed by atoms with Gasteiger partial charge in [0.2, 0.25) is 0 Å². The monoisotopic (exact) mass is 297 g/mol. The van der Waals surface area contributed by atoms with Gasteiger partial charge < -0.3 is 4.74 Å². The molecule has 3 rings (SSSR count). The van der Waals surface area contributed by atoms with Crippen LogP contribution in [0.5, 0.6) is 5.75 Å². The molecule has 106 valence electrons. The minimum Gasteiger partial charge on any atom is -0.489 e. The highest BCUT2D eigenvalue weighted by molar-refractivity contribution is 6.30. The first-order chi connectivity index (χ1) is 10.3. The second-order valence-corrected chi connectivity index (χ2v) is 5.28. The Bertz CT molecular complexity index is 770. The zero-order valence-electron chi connectivity index (χ0n) is 11.8. The van der Waals surface area contributed by atoms with Crippen LogP contribution in [0.1, 0.15) is 18.1 Å². The highest BCUT2D eigenvalue weighted by atomic mass is 35.5. The van der Waals surface area contributed by atoms with Gasteiger partial charge in [0.15, 0.2) is 0 Å². The highest BCUT2D eigenvalue weighted by Crippen LogP contribution is 2.22. The first kappa shape index (κ1) is 13.9. The Balaban J connectivity index is 1.82. The van der Waals surface area contributed by atoms with Crippen LogP contribution >= 0.6 is 11.6 Å². The first-order valence-electron chi connectivity index (χ1n) is 7.02. The Morgan fingerprint density at radius 3 is 2.76 bits per heavy atom. The van der Waals surface area contributed by atoms with Crippen molar-refractivity contribution in [2.75, 3.05) is 0 Å². The number of nitrogens with zero attached hydrogens (tertiary/aromatic N) is 1. The largest absolute Gasteiger partial charge is 0.489 e. The lowest BCUT2D eigenvalue weighted by molar-refractivity contribution is 0.306. The summed E-state index contributed by atoms with van der Waals surface area (Å²) in [7, 11) is 0. The van der Waals surface area contributed by atoms with Crippen LogP contribution in [-0.2, 0) is 13.0 Å². The van der Waals surface area contributed by atoms with Crippen LogP contribution < -0.4 is 4.74 Å². The summed E-state index contributed by atoms with van der Waals surface area (Å²) in [4.78, 5) is 4.41. The van der Waals surface area contributed by atoms with Gasteiger partial charge in [-0.1, -0.05) is 48.9 Å². The van der Waals surface area contributed by atoms with Crippen molar-refractivity contribution < 1.29 is 4.74 Å². The molecule has 0 aliphatic rings. The number of fused-ring (bicyclic) bond motifs is 1. The fourth-order valence-corrected chi connectivity index (χ4v) is 2.45. The van der Waals surface area contributed by atoms with Gasteiger partial charge in [0.1, 0.15) is 17.5 Å². The average molecular weight is 298 g/mol. The number of hydrogen-bond acceptors (Lipinski definition) is 2. The predicted octanol–water partition coefficient (Wildman–Crippen LogP) is 5.03. The molecule has 0 bridgehead atoms. The number of rotatable bonds is 4. The Labute approximate surface area is 129 Å². The third-order valence-electron chi connectivity index (χ3n) is 3.45. The summed E-state index contributed by atoms with van der Waals surface area (Å²) in [6.45, 7) is 2.55. The van der Waals surface area contributed by atoms with Crippen molar-refractivity contribution in [1.82, 2.24) is 4.98 Å². The Morgan fingerprint density at radius 2 is 1.90 bits per heavy atom. The second-order valence-electron chi connectivity index (χ2n) is 4.92. The maximum Gasteiger partial charge on any atom is 0.136 e. The van der Waals surface area contributed by atoms with E-state index in [1.54, 1.807) is 0 Å². The standard InChI is InChI=1S/C18H16ClNO/c1-2-13-6-5-8-16(10-13)21-12-15-11-14-7-3-4-9-17(14)20-18(15)19/h3-11H,2,12H2,1H3. The summed E-state index contributed by atoms with van der Waals surface area (Å²) in [5, 5.41) is 1.57. The summed E-state index contributed by atoms with van der Waals surface area (Å²) >= 11 is 6.24. The molecule has 0 saturated carbocycles. The lowest BCUT2D eigenvalue weighted by Crippen LogP contribution is -1.98. The van der Waals surface area contributed by atoms with Gasteiger partial charge in [0.25, 0.3) is 0 Å². The van der Waals surface area contributed by atoms with Crippen molar-refractivity contribution in [3.05, 3.63) is 70.9 Å². The summed E-state index contributed by atoms with van der Waals surface area (Å²) in [5.41, 5.74) is 3.06. The molecule has 21 heavy (non-hydrogen) atoms. The van der Waals surface area contributed by atoms with E-state index in [0.29, 0.717) is 11.8 Å². The number of aryl methyl sites for hydroxylation is 1. The number of aromatic nitrogens is 1. The van der Waals surface area contributed by atoms with E-state index in [1.807, 2.05) is 42.5 Å². The van der Waals surface area contributed by atoms with E-state index in [9.17, 15) is 0 Å². The first-order valence-corrected chi connectivity index (χ1v) is 7.40. The SMILES string of the molecule is CCc1cccc(OCc2cc3ccccc3nc2Cl)c1. The summed E-state index contributed by atoms with van der Waals surface area (Å²) in [5.74, 6) is 0.860. The third kappa shape index (κ3) is 3.17. The number of para-hydroxylation sites is 1. The van der Waals surface area contributed by atoms with Crippen molar-refractivity contribution in [2.24, 2.45) is 0 Å². The number of halogens is 1. The third-order valence-corrected chi connectivity index (χ3v) is 3.78. The smallest absolute Gasteiger partial charge is 0.136 e. The molecule has 2 aromatic carbocycles. The van der Waals surface area contributed by atoms with Gasteiger partial charge in [-0.05, 0) is 36.2 Å². The van der Waals surface area contributed by atoms with Crippen LogP contribution in [-0.4, -0.2) is 4.98 Å². The van der Waals surface area contributed by atoms with Gasteiger partial charge in [-0.15, -0.1) is 0 Å². The molecule has 0 radical (unpaired) electrons. The normalized spacial score (nSPS) is 10.8. The van der Waals surface area contributed by atoms with Crippen molar-refractivity contribution in [1.29, 1.82) is 0 Å². The van der Waals surface area contributed by atoms with Gasteiger partial charge in [-0.3, -0.25) is 0 Å². The van der Waals surface area contributed by atoms with E-state index in [-0.39, 0.29) is 0 Å². The van der Waals surface area contributed by atoms with E-state index >= 15 is 0 Å². The number of ether oxygens (including phenoxy) is 1. The summed E-state index contributed by atoms with van der Waals surface area (Å²) in [6.07, 6.45) is 0.996. The molecule has 0 N–H and O–H groups in total. The van der Waals surface area contributed by atoms with Crippen molar-refractivity contribution in [3.63, 3.8) is 0 Å². The highest BCUT2D eigenvalue weighted by Gasteiger charge is 2.06. The van der Waals surface area contributed by atoms with Crippen molar-refractivity contribution in [3.8, 4) is 5.75 Å². The van der Waals surface area contributed by atoms with Crippen LogP contribution in [0.25, 0.3) is 10.9 Å². The molecule has 0 amide bonds. The molecule has 0 unspecified atom stereocenters. The fourth-order valence-electron chi connectivity index (χ4n) is 2.25. The maximum absolute atomic E-state index is 6.24. The van der Waals surface area contributed by atoms with Gasteiger partial charge in [0.05, 0.1) is 5.52 Å². The maximum atomic E-state index is 6.24.